The van der Waals surface area contributed by atoms with Crippen LogP contribution in [0, 0.1) is 12.8 Å². The molecule has 3 nitrogen and oxygen atoms in total. The van der Waals surface area contributed by atoms with Crippen molar-refractivity contribution in [2.24, 2.45) is 11.7 Å². The summed E-state index contributed by atoms with van der Waals surface area (Å²) in [5.41, 5.74) is 5.13. The van der Waals surface area contributed by atoms with Crippen molar-refractivity contribution in [1.29, 1.82) is 0 Å². The maximum atomic E-state index is 12.5. The first-order valence-electron chi connectivity index (χ1n) is 4.79. The van der Waals surface area contributed by atoms with Crippen LogP contribution in [0.15, 0.2) is 23.0 Å². The lowest BCUT2D eigenvalue weighted by Crippen LogP contribution is -2.37. The third kappa shape index (κ3) is 2.85. The Balaban J connectivity index is 3.00. The van der Waals surface area contributed by atoms with Crippen molar-refractivity contribution in [3.8, 4) is 0 Å². The van der Waals surface area contributed by atoms with E-state index in [9.17, 15) is 18.0 Å². The molecule has 16 heavy (non-hydrogen) atoms. The van der Waals surface area contributed by atoms with E-state index in [2.05, 4.69) is 0 Å². The minimum atomic E-state index is -4.38. The Labute approximate surface area is 90.7 Å². The summed E-state index contributed by atoms with van der Waals surface area (Å²) in [7, 11) is 0. The van der Waals surface area contributed by atoms with Crippen LogP contribution in [-0.2, 0) is 6.54 Å². The molecule has 0 aliphatic heterocycles. The average molecular weight is 234 g/mol. The largest absolute Gasteiger partial charge is 0.394 e. The van der Waals surface area contributed by atoms with Gasteiger partial charge in [0.15, 0.2) is 0 Å². The number of aromatic nitrogens is 1. The lowest BCUT2D eigenvalue weighted by molar-refractivity contribution is -0.175. The second-order valence-corrected chi connectivity index (χ2v) is 3.59. The summed E-state index contributed by atoms with van der Waals surface area (Å²) in [5.74, 6) is -1.69. The van der Waals surface area contributed by atoms with Crippen LogP contribution in [0.2, 0.25) is 0 Å². The minimum Gasteiger partial charge on any atom is -0.330 e. The molecule has 0 saturated heterocycles. The molecule has 0 aliphatic carbocycles. The predicted octanol–water partition coefficient (Wildman–Crippen LogP) is 1.29. The van der Waals surface area contributed by atoms with Crippen LogP contribution in [0.5, 0.6) is 0 Å². The van der Waals surface area contributed by atoms with Crippen LogP contribution in [0.1, 0.15) is 5.69 Å². The number of rotatable bonds is 3. The van der Waals surface area contributed by atoms with Crippen LogP contribution in [0.25, 0.3) is 0 Å². The van der Waals surface area contributed by atoms with E-state index in [0.29, 0.717) is 5.69 Å². The zero-order valence-electron chi connectivity index (χ0n) is 8.79. The number of hydrogen-bond donors (Lipinski definition) is 1. The van der Waals surface area contributed by atoms with Gasteiger partial charge in [0, 0.05) is 24.8 Å². The molecule has 0 saturated carbocycles. The molecule has 1 aromatic heterocycles. The van der Waals surface area contributed by atoms with Crippen LogP contribution in [-0.4, -0.2) is 17.3 Å². The fraction of sp³-hybridized carbons (Fsp3) is 0.500. The Kier molecular flexibility index (Phi) is 3.74. The molecule has 0 fully saturated rings. The normalized spacial score (nSPS) is 13.8. The van der Waals surface area contributed by atoms with Gasteiger partial charge in [-0.05, 0) is 13.0 Å². The van der Waals surface area contributed by atoms with E-state index in [1.165, 1.54) is 12.1 Å². The number of nitrogens with two attached hydrogens (primary N) is 1. The molecule has 0 radical (unpaired) electrons. The van der Waals surface area contributed by atoms with Crippen molar-refractivity contribution in [3.63, 3.8) is 0 Å². The van der Waals surface area contributed by atoms with Crippen molar-refractivity contribution in [2.75, 3.05) is 6.54 Å². The topological polar surface area (TPSA) is 48.0 Å². The van der Waals surface area contributed by atoms with E-state index in [0.717, 1.165) is 4.57 Å². The van der Waals surface area contributed by atoms with Crippen LogP contribution in [0.3, 0.4) is 0 Å². The van der Waals surface area contributed by atoms with E-state index in [4.69, 9.17) is 5.73 Å². The highest BCUT2D eigenvalue weighted by Crippen LogP contribution is 2.26. The number of aryl methyl sites for hydroxylation is 1. The lowest BCUT2D eigenvalue weighted by Gasteiger charge is -2.20. The highest BCUT2D eigenvalue weighted by Gasteiger charge is 2.38. The SMILES string of the molecule is Cc1cccc(=O)n1CC(CN)C(F)(F)F. The molecular formula is C10H13F3N2O. The van der Waals surface area contributed by atoms with Crippen molar-refractivity contribution >= 4 is 0 Å². The monoisotopic (exact) mass is 234 g/mol. The molecule has 0 bridgehead atoms. The molecular weight excluding hydrogens is 221 g/mol. The van der Waals surface area contributed by atoms with E-state index in [1.807, 2.05) is 0 Å². The molecule has 1 heterocycles. The van der Waals surface area contributed by atoms with Gasteiger partial charge in [-0.1, -0.05) is 6.07 Å². The van der Waals surface area contributed by atoms with Gasteiger partial charge >= 0.3 is 6.18 Å². The van der Waals surface area contributed by atoms with Crippen molar-refractivity contribution in [3.05, 3.63) is 34.2 Å². The zero-order valence-corrected chi connectivity index (χ0v) is 8.79. The van der Waals surface area contributed by atoms with E-state index in [1.54, 1.807) is 13.0 Å². The average Bonchev–Trinajstić information content (AvgIpc) is 2.15. The standard InChI is InChI=1S/C10H13F3N2O/c1-7-3-2-4-9(16)15(7)6-8(5-14)10(11,12)13/h2-4,8H,5-6,14H2,1H3. The van der Waals surface area contributed by atoms with Gasteiger partial charge in [-0.3, -0.25) is 4.79 Å². The second-order valence-electron chi connectivity index (χ2n) is 3.59. The van der Waals surface area contributed by atoms with Crippen LogP contribution < -0.4 is 11.3 Å². The van der Waals surface area contributed by atoms with Crippen molar-refractivity contribution in [1.82, 2.24) is 4.57 Å². The summed E-state index contributed by atoms with van der Waals surface area (Å²) in [5, 5.41) is 0. The summed E-state index contributed by atoms with van der Waals surface area (Å²) in [4.78, 5) is 11.4. The summed E-state index contributed by atoms with van der Waals surface area (Å²) in [6.07, 6.45) is -4.38. The number of pyridine rings is 1. The van der Waals surface area contributed by atoms with Gasteiger partial charge in [0.2, 0.25) is 0 Å². The highest BCUT2D eigenvalue weighted by atomic mass is 19.4. The first-order chi connectivity index (χ1) is 7.36. The summed E-state index contributed by atoms with van der Waals surface area (Å²) < 4.78 is 38.5. The number of hydrogen-bond acceptors (Lipinski definition) is 2. The molecule has 1 rings (SSSR count). The zero-order chi connectivity index (χ0) is 12.3. The summed E-state index contributed by atoms with van der Waals surface area (Å²) >= 11 is 0. The Morgan fingerprint density at radius 2 is 2.06 bits per heavy atom. The summed E-state index contributed by atoms with van der Waals surface area (Å²) in [6.45, 7) is 0.640. The molecule has 0 aliphatic rings. The lowest BCUT2D eigenvalue weighted by atomic mass is 10.1. The molecule has 6 heteroatoms. The van der Waals surface area contributed by atoms with Crippen LogP contribution in [0.4, 0.5) is 13.2 Å². The molecule has 2 N–H and O–H groups in total. The Morgan fingerprint density at radius 1 is 1.44 bits per heavy atom. The smallest absolute Gasteiger partial charge is 0.330 e. The first kappa shape index (κ1) is 12.8. The number of alkyl halides is 3. The highest BCUT2D eigenvalue weighted by molar-refractivity contribution is 5.04. The maximum absolute atomic E-state index is 12.5. The number of halogens is 3. The van der Waals surface area contributed by atoms with Gasteiger partial charge in [0.1, 0.15) is 0 Å². The first-order valence-corrected chi connectivity index (χ1v) is 4.79. The van der Waals surface area contributed by atoms with Gasteiger partial charge in [-0.25, -0.2) is 0 Å². The van der Waals surface area contributed by atoms with Gasteiger partial charge in [-0.15, -0.1) is 0 Å². The fourth-order valence-corrected chi connectivity index (χ4v) is 1.39. The molecule has 0 amide bonds. The molecule has 90 valence electrons. The summed E-state index contributed by atoms with van der Waals surface area (Å²) in [6, 6.07) is 4.33. The molecule has 1 unspecified atom stereocenters. The van der Waals surface area contributed by atoms with E-state index < -0.39 is 30.7 Å². The third-order valence-corrected chi connectivity index (χ3v) is 2.42. The van der Waals surface area contributed by atoms with Crippen molar-refractivity contribution < 1.29 is 13.2 Å². The van der Waals surface area contributed by atoms with Crippen LogP contribution >= 0.6 is 0 Å². The fourth-order valence-electron chi connectivity index (χ4n) is 1.39. The van der Waals surface area contributed by atoms with Gasteiger partial charge in [0.05, 0.1) is 5.92 Å². The predicted molar refractivity (Wildman–Crippen MR) is 54.0 cm³/mol. The number of nitrogens with zero attached hydrogens (tertiary/aromatic N) is 1. The molecule has 1 aromatic rings. The van der Waals surface area contributed by atoms with Gasteiger partial charge < -0.3 is 10.3 Å². The Hall–Kier alpha value is -1.30. The van der Waals surface area contributed by atoms with Gasteiger partial charge in [-0.2, -0.15) is 13.2 Å². The third-order valence-electron chi connectivity index (χ3n) is 2.42. The minimum absolute atomic E-state index is 0.425. The quantitative estimate of drug-likeness (QED) is 0.856. The van der Waals surface area contributed by atoms with E-state index >= 15 is 0 Å². The maximum Gasteiger partial charge on any atom is 0.394 e. The molecule has 1 atom stereocenters. The Morgan fingerprint density at radius 3 is 2.50 bits per heavy atom. The Bertz CT molecular complexity index is 411. The van der Waals surface area contributed by atoms with E-state index in [-0.39, 0.29) is 0 Å². The van der Waals surface area contributed by atoms with Crippen molar-refractivity contribution in [2.45, 2.75) is 19.6 Å². The molecule has 0 aromatic carbocycles. The second kappa shape index (κ2) is 4.69. The molecule has 0 spiro atoms. The van der Waals surface area contributed by atoms with Gasteiger partial charge in [0.25, 0.3) is 5.56 Å².